The zero-order valence-corrected chi connectivity index (χ0v) is 40.8. The lowest BCUT2D eigenvalue weighted by atomic mass is 9.99. The molecule has 7 nitrogen and oxygen atoms in total. The van der Waals surface area contributed by atoms with E-state index in [1.807, 2.05) is 0 Å². The number of aryl methyl sites for hydroxylation is 5. The summed E-state index contributed by atoms with van der Waals surface area (Å²) in [5, 5.41) is 0. The summed E-state index contributed by atoms with van der Waals surface area (Å²) < 4.78 is 2.08. The van der Waals surface area contributed by atoms with Gasteiger partial charge in [0, 0.05) is 80.7 Å². The van der Waals surface area contributed by atoms with E-state index in [1.165, 1.54) is 44.9 Å². The van der Waals surface area contributed by atoms with Crippen molar-refractivity contribution in [2.45, 2.75) is 34.6 Å². The Morgan fingerprint density at radius 1 is 0.308 bits per heavy atom. The Kier molecular flexibility index (Phi) is 10.6. The van der Waals surface area contributed by atoms with Crippen LogP contribution in [-0.2, 0) is 0 Å². The summed E-state index contributed by atoms with van der Waals surface area (Å²) in [5.41, 5.74) is 26.0. The van der Waals surface area contributed by atoms with Crippen LogP contribution in [0.2, 0.25) is 0 Å². The molecule has 7 aromatic rings. The number of aromatic nitrogens is 4. The van der Waals surface area contributed by atoms with Gasteiger partial charge >= 0.3 is 0 Å². The third kappa shape index (κ3) is 8.55. The Morgan fingerprint density at radius 2 is 0.538 bits per heavy atom. The van der Waals surface area contributed by atoms with Crippen molar-refractivity contribution in [3.05, 3.63) is 148 Å². The van der Waals surface area contributed by atoms with Crippen LogP contribution in [0.5, 0.6) is 0 Å². The number of benzene rings is 4. The van der Waals surface area contributed by atoms with E-state index < -0.39 is 0 Å². The minimum absolute atomic E-state index is 0.693. The second-order valence-electron chi connectivity index (χ2n) is 21.1. The fourth-order valence-electron chi connectivity index (χ4n) is 9.42. The second-order valence-corrected chi connectivity index (χ2v) is 21.1. The van der Waals surface area contributed by atoms with Gasteiger partial charge in [-0.05, 0) is 122 Å². The zero-order chi connectivity index (χ0) is 46.3. The van der Waals surface area contributed by atoms with Crippen molar-refractivity contribution in [1.29, 1.82) is 0 Å². The summed E-state index contributed by atoms with van der Waals surface area (Å²) >= 11 is 0. The molecule has 8 bridgehead atoms. The molecular formula is C58H64N7+3. The Hall–Kier alpha value is -6.64. The van der Waals surface area contributed by atoms with Crippen molar-refractivity contribution in [3.63, 3.8) is 0 Å². The molecule has 0 aliphatic carbocycles. The smallest absolute Gasteiger partial charge is 0.133 e. The Labute approximate surface area is 385 Å². The molecule has 0 saturated heterocycles. The molecule has 0 spiro atoms. The first-order valence-corrected chi connectivity index (χ1v) is 22.7. The predicted octanol–water partition coefficient (Wildman–Crippen LogP) is 13.5. The van der Waals surface area contributed by atoms with Gasteiger partial charge in [-0.2, -0.15) is 0 Å². The molecule has 0 saturated carbocycles. The fraction of sp³-hybridized carbons (Fsp3) is 0.241. The van der Waals surface area contributed by atoms with Crippen molar-refractivity contribution < 1.29 is 0 Å². The molecule has 3 aromatic heterocycles. The van der Waals surface area contributed by atoms with E-state index in [1.54, 1.807) is 0 Å². The molecule has 2 aliphatic rings. The maximum Gasteiger partial charge on any atom is 0.133 e. The molecule has 0 amide bonds. The molecule has 0 radical (unpaired) electrons. The SMILES string of the molecule is Cc1cc(C)cc(-c2c3nc(c(-c4cc(C)cc([N+](C)(C)C)c4)c4ccc([nH]4)c(-c4cc(C)cc([N+](C)(C)C)c4)c4nc(c(-c5cc(C)cc([N+](C)(C)C)c5)c5ccc2[nH]5)C=C4)C=C3)c1. The highest BCUT2D eigenvalue weighted by Crippen LogP contribution is 2.41. The van der Waals surface area contributed by atoms with Crippen LogP contribution in [0.4, 0.5) is 17.1 Å². The number of quaternary nitrogens is 3. The number of H-pyrrole nitrogens is 2. The topological polar surface area (TPSA) is 57.4 Å². The van der Waals surface area contributed by atoms with E-state index in [9.17, 15) is 0 Å². The Bertz CT molecular complexity index is 3230. The Morgan fingerprint density at radius 3 is 0.785 bits per heavy atom. The van der Waals surface area contributed by atoms with Gasteiger partial charge in [0.2, 0.25) is 0 Å². The molecule has 7 heteroatoms. The van der Waals surface area contributed by atoms with Gasteiger partial charge in [-0.15, -0.1) is 0 Å². The van der Waals surface area contributed by atoms with Gasteiger partial charge in [-0.1, -0.05) is 47.5 Å². The maximum absolute atomic E-state index is 5.65. The van der Waals surface area contributed by atoms with Gasteiger partial charge in [-0.3, -0.25) is 13.4 Å². The number of hydrogen-bond acceptors (Lipinski definition) is 2. The predicted molar refractivity (Wildman–Crippen MR) is 283 cm³/mol. The number of aromatic amines is 2. The zero-order valence-electron chi connectivity index (χ0n) is 40.8. The summed E-state index contributed by atoms with van der Waals surface area (Å²) in [6.45, 7) is 10.9. The lowest BCUT2D eigenvalue weighted by Gasteiger charge is -2.24. The van der Waals surface area contributed by atoms with E-state index in [0.717, 1.165) is 89.4 Å². The number of nitrogens with one attached hydrogen (secondary N) is 2. The van der Waals surface area contributed by atoms with Gasteiger partial charge in [0.15, 0.2) is 0 Å². The van der Waals surface area contributed by atoms with Gasteiger partial charge in [-0.25, -0.2) is 9.97 Å². The molecule has 2 aliphatic heterocycles. The molecule has 0 unspecified atom stereocenters. The van der Waals surface area contributed by atoms with Crippen LogP contribution < -0.4 is 13.4 Å². The summed E-state index contributed by atoms with van der Waals surface area (Å²) in [5.74, 6) is 0. The minimum atomic E-state index is 0.693. The van der Waals surface area contributed by atoms with Crippen molar-refractivity contribution >= 4 is 63.4 Å². The first kappa shape index (κ1) is 43.6. The molecule has 9 rings (SSSR count). The normalized spacial score (nSPS) is 13.0. The van der Waals surface area contributed by atoms with E-state index in [4.69, 9.17) is 9.97 Å². The van der Waals surface area contributed by atoms with Gasteiger partial charge in [0.05, 0.1) is 86.2 Å². The molecule has 0 atom stereocenters. The van der Waals surface area contributed by atoms with Crippen molar-refractivity contribution in [2.75, 3.05) is 63.4 Å². The molecule has 65 heavy (non-hydrogen) atoms. The monoisotopic (exact) mass is 859 g/mol. The van der Waals surface area contributed by atoms with Crippen LogP contribution in [-0.4, -0.2) is 83.4 Å². The number of hydrogen-bond donors (Lipinski definition) is 2. The average Bonchev–Trinajstić information content (AvgIpc) is 4.04. The maximum atomic E-state index is 5.65. The van der Waals surface area contributed by atoms with Crippen molar-refractivity contribution in [3.8, 4) is 44.5 Å². The van der Waals surface area contributed by atoms with E-state index >= 15 is 0 Å². The van der Waals surface area contributed by atoms with E-state index in [2.05, 4.69) is 229 Å². The molecule has 328 valence electrons. The molecule has 5 heterocycles. The molecule has 0 fully saturated rings. The van der Waals surface area contributed by atoms with Gasteiger partial charge in [0.1, 0.15) is 17.1 Å². The van der Waals surface area contributed by atoms with Crippen LogP contribution >= 0.6 is 0 Å². The lowest BCUT2D eigenvalue weighted by Crippen LogP contribution is -2.34. The highest BCUT2D eigenvalue weighted by molar-refractivity contribution is 6.00. The van der Waals surface area contributed by atoms with Gasteiger partial charge < -0.3 is 9.97 Å². The third-order valence-corrected chi connectivity index (χ3v) is 12.6. The van der Waals surface area contributed by atoms with E-state index in [-0.39, 0.29) is 0 Å². The van der Waals surface area contributed by atoms with Gasteiger partial charge in [0.25, 0.3) is 0 Å². The van der Waals surface area contributed by atoms with Crippen LogP contribution in [0, 0.1) is 34.6 Å². The number of fused-ring (bicyclic) bond motifs is 8. The largest absolute Gasteiger partial charge is 0.354 e. The summed E-state index contributed by atoms with van der Waals surface area (Å²) in [6, 6.07) is 36.5. The minimum Gasteiger partial charge on any atom is -0.354 e. The highest BCUT2D eigenvalue weighted by atomic mass is 15.3. The third-order valence-electron chi connectivity index (χ3n) is 12.6. The highest BCUT2D eigenvalue weighted by Gasteiger charge is 2.24. The Balaban J connectivity index is 1.50. The number of nitrogens with zero attached hydrogens (tertiary/aromatic N) is 5. The van der Waals surface area contributed by atoms with E-state index in [0.29, 0.717) is 13.4 Å². The first-order valence-electron chi connectivity index (χ1n) is 22.7. The quantitative estimate of drug-likeness (QED) is 0.157. The van der Waals surface area contributed by atoms with Crippen LogP contribution in [0.15, 0.2) is 97.1 Å². The molecule has 2 N–H and O–H groups in total. The summed E-state index contributed by atoms with van der Waals surface area (Å²) in [4.78, 5) is 19.2. The van der Waals surface area contributed by atoms with Crippen LogP contribution in [0.1, 0.15) is 50.6 Å². The lowest BCUT2D eigenvalue weighted by molar-refractivity contribution is 0.486. The first-order chi connectivity index (χ1) is 30.6. The summed E-state index contributed by atoms with van der Waals surface area (Å²) in [7, 11) is 20.0. The van der Waals surface area contributed by atoms with Crippen molar-refractivity contribution in [1.82, 2.24) is 33.4 Å². The average molecular weight is 859 g/mol. The number of rotatable bonds is 7. The molecule has 4 aromatic carbocycles. The summed E-state index contributed by atoms with van der Waals surface area (Å²) in [6.07, 6.45) is 8.80. The van der Waals surface area contributed by atoms with Crippen LogP contribution in [0.25, 0.3) is 90.9 Å². The second kappa shape index (κ2) is 15.8. The van der Waals surface area contributed by atoms with Crippen LogP contribution in [0.3, 0.4) is 0 Å². The fourth-order valence-corrected chi connectivity index (χ4v) is 9.42. The van der Waals surface area contributed by atoms with Crippen molar-refractivity contribution in [2.24, 2.45) is 0 Å². The standard InChI is InChI=1S/C58H64N7/c1-35-23-36(2)25-40(24-35)55-47-15-17-49(59-47)56(41-26-37(3)29-44(32-41)63(6,7)8)51-19-21-53(61-51)58(43-28-39(5)31-46(34-43)65(12,13)14)54-22-20-52(62-54)57(50-18-16-48(55)60-50)42-27-38(4)30-45(33-42)64(9,10)11/h15-34,59,62H,1-14H3/q+3. The molecular weight excluding hydrogens is 795 g/mol.